The molecule has 0 saturated carbocycles. The van der Waals surface area contributed by atoms with Crippen molar-refractivity contribution in [3.8, 4) is 17.2 Å². The van der Waals surface area contributed by atoms with Crippen molar-refractivity contribution in [3.05, 3.63) is 47.0 Å². The summed E-state index contributed by atoms with van der Waals surface area (Å²) < 4.78 is 16.6. The van der Waals surface area contributed by atoms with Crippen LogP contribution in [0.15, 0.2) is 35.9 Å². The van der Waals surface area contributed by atoms with Crippen molar-refractivity contribution >= 4 is 23.2 Å². The van der Waals surface area contributed by atoms with Crippen LogP contribution in [0.1, 0.15) is 22.8 Å². The Bertz CT molecular complexity index is 886. The van der Waals surface area contributed by atoms with Crippen molar-refractivity contribution in [1.82, 2.24) is 0 Å². The standard InChI is InChI=1S/C21H24N2O4/c1-13(20(24)15-5-6-17(23(2)3)16(22)12-15)9-14-10-18(25-4)21-19(11-14)26-7-8-27-21/h5-6,9-12H,7-8,22H2,1-4H3/b13-9+. The molecule has 0 saturated heterocycles. The first-order valence-corrected chi connectivity index (χ1v) is 8.68. The van der Waals surface area contributed by atoms with E-state index in [0.29, 0.717) is 47.3 Å². The Balaban J connectivity index is 1.91. The Hall–Kier alpha value is -3.15. The summed E-state index contributed by atoms with van der Waals surface area (Å²) in [5.74, 6) is 1.71. The number of anilines is 2. The van der Waals surface area contributed by atoms with Crippen LogP contribution in [0.5, 0.6) is 17.2 Å². The number of ketones is 1. The lowest BCUT2D eigenvalue weighted by Gasteiger charge is -2.21. The number of benzene rings is 2. The summed E-state index contributed by atoms with van der Waals surface area (Å²) in [6, 6.07) is 9.02. The second-order valence-electron chi connectivity index (χ2n) is 6.57. The first kappa shape index (κ1) is 18.6. The van der Waals surface area contributed by atoms with Crippen molar-refractivity contribution in [2.45, 2.75) is 6.92 Å². The molecule has 1 heterocycles. The van der Waals surface area contributed by atoms with E-state index < -0.39 is 0 Å². The molecule has 6 heteroatoms. The van der Waals surface area contributed by atoms with E-state index in [-0.39, 0.29) is 5.78 Å². The number of allylic oxidation sites excluding steroid dienone is 1. The number of rotatable bonds is 5. The number of carbonyl (C=O) groups is 1. The largest absolute Gasteiger partial charge is 0.493 e. The maximum absolute atomic E-state index is 12.8. The van der Waals surface area contributed by atoms with Crippen LogP contribution in [0.25, 0.3) is 6.08 Å². The molecule has 6 nitrogen and oxygen atoms in total. The van der Waals surface area contributed by atoms with E-state index in [2.05, 4.69) is 0 Å². The number of carbonyl (C=O) groups excluding carboxylic acids is 1. The molecule has 0 atom stereocenters. The van der Waals surface area contributed by atoms with Gasteiger partial charge in [-0.3, -0.25) is 4.79 Å². The van der Waals surface area contributed by atoms with Gasteiger partial charge in [-0.15, -0.1) is 0 Å². The molecule has 27 heavy (non-hydrogen) atoms. The summed E-state index contributed by atoms with van der Waals surface area (Å²) in [5, 5.41) is 0. The van der Waals surface area contributed by atoms with Gasteiger partial charge in [0.25, 0.3) is 0 Å². The van der Waals surface area contributed by atoms with Gasteiger partial charge in [0.15, 0.2) is 17.3 Å². The highest BCUT2D eigenvalue weighted by Gasteiger charge is 2.18. The van der Waals surface area contributed by atoms with E-state index >= 15 is 0 Å². The molecule has 1 aliphatic heterocycles. The zero-order valence-electron chi connectivity index (χ0n) is 16.0. The van der Waals surface area contributed by atoms with Crippen LogP contribution in [0.4, 0.5) is 11.4 Å². The number of Topliss-reactive ketones (excluding diaryl/α,β-unsaturated/α-hetero) is 1. The van der Waals surface area contributed by atoms with Crippen molar-refractivity contribution < 1.29 is 19.0 Å². The van der Waals surface area contributed by atoms with E-state index in [1.165, 1.54) is 0 Å². The van der Waals surface area contributed by atoms with Gasteiger partial charge in [-0.2, -0.15) is 0 Å². The number of nitrogens with two attached hydrogens (primary N) is 1. The summed E-state index contributed by atoms with van der Waals surface area (Å²) in [7, 11) is 5.40. The second kappa shape index (κ2) is 7.61. The van der Waals surface area contributed by atoms with Gasteiger partial charge >= 0.3 is 0 Å². The minimum absolute atomic E-state index is 0.0825. The lowest BCUT2D eigenvalue weighted by molar-refractivity contribution is 0.103. The van der Waals surface area contributed by atoms with E-state index in [0.717, 1.165) is 11.3 Å². The van der Waals surface area contributed by atoms with Crippen molar-refractivity contribution in [1.29, 1.82) is 0 Å². The number of fused-ring (bicyclic) bond motifs is 1. The number of nitrogen functional groups attached to an aromatic ring is 1. The van der Waals surface area contributed by atoms with Gasteiger partial charge in [0.2, 0.25) is 5.75 Å². The lowest BCUT2D eigenvalue weighted by atomic mass is 10.0. The second-order valence-corrected chi connectivity index (χ2v) is 6.57. The third-order valence-corrected chi connectivity index (χ3v) is 4.36. The Morgan fingerprint density at radius 3 is 2.59 bits per heavy atom. The minimum Gasteiger partial charge on any atom is -0.493 e. The molecule has 2 aromatic rings. The summed E-state index contributed by atoms with van der Waals surface area (Å²) in [4.78, 5) is 14.7. The molecule has 3 rings (SSSR count). The number of hydrogen-bond acceptors (Lipinski definition) is 6. The number of nitrogens with zero attached hydrogens (tertiary/aromatic N) is 1. The molecule has 1 aliphatic rings. The molecule has 0 aliphatic carbocycles. The lowest BCUT2D eigenvalue weighted by Crippen LogP contribution is -2.16. The Morgan fingerprint density at radius 1 is 1.19 bits per heavy atom. The zero-order chi connectivity index (χ0) is 19.6. The predicted molar refractivity (Wildman–Crippen MR) is 107 cm³/mol. The maximum atomic E-state index is 12.8. The summed E-state index contributed by atoms with van der Waals surface area (Å²) in [5.41, 5.74) is 9.46. The van der Waals surface area contributed by atoms with Crippen LogP contribution >= 0.6 is 0 Å². The fourth-order valence-corrected chi connectivity index (χ4v) is 3.02. The number of hydrogen-bond donors (Lipinski definition) is 1. The molecule has 0 bridgehead atoms. The molecule has 2 N–H and O–H groups in total. The van der Waals surface area contributed by atoms with E-state index in [1.54, 1.807) is 32.2 Å². The van der Waals surface area contributed by atoms with E-state index in [9.17, 15) is 4.79 Å². The average Bonchev–Trinajstić information content (AvgIpc) is 2.66. The maximum Gasteiger partial charge on any atom is 0.203 e. The Labute approximate surface area is 159 Å². The molecule has 0 fully saturated rings. The van der Waals surface area contributed by atoms with Crippen LogP contribution in [-0.4, -0.2) is 40.2 Å². The molecule has 142 valence electrons. The molecule has 0 unspecified atom stereocenters. The monoisotopic (exact) mass is 368 g/mol. The molecular weight excluding hydrogens is 344 g/mol. The van der Waals surface area contributed by atoms with E-state index in [1.807, 2.05) is 37.2 Å². The summed E-state index contributed by atoms with van der Waals surface area (Å²) >= 11 is 0. The molecule has 0 radical (unpaired) electrons. The third kappa shape index (κ3) is 3.84. The van der Waals surface area contributed by atoms with Gasteiger partial charge in [0.1, 0.15) is 13.2 Å². The number of methoxy groups -OCH3 is 1. The number of ether oxygens (including phenoxy) is 3. The highest BCUT2D eigenvalue weighted by atomic mass is 16.6. The van der Waals surface area contributed by atoms with Crippen LogP contribution in [-0.2, 0) is 0 Å². The Kier molecular flexibility index (Phi) is 5.26. The Morgan fingerprint density at radius 2 is 1.93 bits per heavy atom. The van der Waals surface area contributed by atoms with Gasteiger partial charge in [-0.25, -0.2) is 0 Å². The molecule has 2 aromatic carbocycles. The first-order chi connectivity index (χ1) is 12.9. The fraction of sp³-hybridized carbons (Fsp3) is 0.286. The van der Waals surface area contributed by atoms with Crippen LogP contribution in [0, 0.1) is 0 Å². The molecular formula is C21H24N2O4. The van der Waals surface area contributed by atoms with Crippen LogP contribution in [0.2, 0.25) is 0 Å². The normalized spacial score (nSPS) is 13.3. The SMILES string of the molecule is COc1cc(/C=C(\C)C(=O)c2ccc(N(C)C)c(N)c2)cc2c1OCCO2. The molecule has 0 amide bonds. The van der Waals surface area contributed by atoms with Crippen LogP contribution < -0.4 is 24.8 Å². The smallest absolute Gasteiger partial charge is 0.203 e. The minimum atomic E-state index is -0.0825. The van der Waals surface area contributed by atoms with E-state index in [4.69, 9.17) is 19.9 Å². The highest BCUT2D eigenvalue weighted by molar-refractivity contribution is 6.11. The van der Waals surface area contributed by atoms with Gasteiger partial charge < -0.3 is 24.8 Å². The van der Waals surface area contributed by atoms with Gasteiger partial charge in [-0.05, 0) is 54.5 Å². The van der Waals surface area contributed by atoms with Crippen molar-refractivity contribution in [2.75, 3.05) is 45.1 Å². The zero-order valence-corrected chi connectivity index (χ0v) is 16.0. The average molecular weight is 368 g/mol. The fourth-order valence-electron chi connectivity index (χ4n) is 3.02. The summed E-state index contributed by atoms with van der Waals surface area (Å²) in [6.45, 7) is 2.75. The predicted octanol–water partition coefficient (Wildman–Crippen LogP) is 3.40. The van der Waals surface area contributed by atoms with Crippen LogP contribution in [0.3, 0.4) is 0 Å². The topological polar surface area (TPSA) is 74.0 Å². The molecule has 0 spiro atoms. The quantitative estimate of drug-likeness (QED) is 0.495. The van der Waals surface area contributed by atoms with Crippen molar-refractivity contribution in [3.63, 3.8) is 0 Å². The van der Waals surface area contributed by atoms with Crippen molar-refractivity contribution in [2.24, 2.45) is 0 Å². The van der Waals surface area contributed by atoms with Gasteiger partial charge in [0, 0.05) is 19.7 Å². The van der Waals surface area contributed by atoms with Gasteiger partial charge in [-0.1, -0.05) is 0 Å². The van der Waals surface area contributed by atoms with Gasteiger partial charge in [0.05, 0.1) is 18.5 Å². The third-order valence-electron chi connectivity index (χ3n) is 4.36. The molecule has 0 aromatic heterocycles. The highest BCUT2D eigenvalue weighted by Crippen LogP contribution is 2.41. The first-order valence-electron chi connectivity index (χ1n) is 8.68. The summed E-state index contributed by atoms with van der Waals surface area (Å²) in [6.07, 6.45) is 1.80.